The van der Waals surface area contributed by atoms with Crippen molar-refractivity contribution in [3.8, 4) is 11.6 Å². The summed E-state index contributed by atoms with van der Waals surface area (Å²) in [5.74, 6) is 1.86. The fraction of sp³-hybridized carbons (Fsp3) is 0.250. The van der Waals surface area contributed by atoms with Crippen LogP contribution >= 0.6 is 23.5 Å². The first-order valence-corrected chi connectivity index (χ1v) is 11.0. The van der Waals surface area contributed by atoms with Crippen molar-refractivity contribution in [2.45, 2.75) is 17.7 Å². The van der Waals surface area contributed by atoms with Crippen LogP contribution in [0.5, 0.6) is 0 Å². The second-order valence-corrected chi connectivity index (χ2v) is 7.79. The number of aryl methyl sites for hydroxylation is 1. The van der Waals surface area contributed by atoms with Gasteiger partial charge in [-0.3, -0.25) is 4.79 Å². The van der Waals surface area contributed by atoms with Gasteiger partial charge < -0.3 is 9.73 Å². The predicted octanol–water partition coefficient (Wildman–Crippen LogP) is 4.57. The molecule has 0 fully saturated rings. The average Bonchev–Trinajstić information content (AvgIpc) is 3.23. The lowest BCUT2D eigenvalue weighted by Gasteiger charge is -2.11. The zero-order valence-electron chi connectivity index (χ0n) is 15.6. The molecule has 1 N–H and O–H groups in total. The molecule has 146 valence electrons. The highest BCUT2D eigenvalue weighted by Crippen LogP contribution is 2.25. The highest BCUT2D eigenvalue weighted by Gasteiger charge is 2.19. The van der Waals surface area contributed by atoms with Crippen LogP contribution in [0.25, 0.3) is 11.6 Å². The summed E-state index contributed by atoms with van der Waals surface area (Å²) in [5, 5.41) is 3.51. The number of benzene rings is 1. The molecule has 0 saturated heterocycles. The molecule has 0 aliphatic rings. The van der Waals surface area contributed by atoms with E-state index in [1.54, 1.807) is 49.2 Å². The molecule has 0 aliphatic carbocycles. The molecule has 0 unspecified atom stereocenters. The second kappa shape index (κ2) is 9.75. The Balaban J connectivity index is 1.59. The van der Waals surface area contributed by atoms with Crippen molar-refractivity contribution in [2.24, 2.45) is 0 Å². The Bertz CT molecular complexity index is 949. The number of thioether (sulfide) groups is 2. The Labute approximate surface area is 171 Å². The quantitative estimate of drug-likeness (QED) is 0.329. The lowest BCUT2D eigenvalue weighted by atomic mass is 10.2. The number of rotatable bonds is 8. The number of hydrogen-bond acceptors (Lipinski definition) is 6. The Kier molecular flexibility index (Phi) is 7.11. The molecule has 0 spiro atoms. The van der Waals surface area contributed by atoms with Crippen molar-refractivity contribution in [3.05, 3.63) is 65.3 Å². The minimum Gasteiger partial charge on any atom is -0.461 e. The minimum atomic E-state index is -0.209. The second-order valence-electron chi connectivity index (χ2n) is 5.89. The number of hydrogen-bond donors (Lipinski definition) is 1. The molecule has 2 aromatic heterocycles. The first kappa shape index (κ1) is 20.4. The van der Waals surface area contributed by atoms with E-state index in [9.17, 15) is 9.18 Å². The van der Waals surface area contributed by atoms with Crippen LogP contribution in [0.1, 0.15) is 21.6 Å². The van der Waals surface area contributed by atoms with Crippen molar-refractivity contribution in [2.75, 3.05) is 18.6 Å². The highest BCUT2D eigenvalue weighted by atomic mass is 32.2. The Hall–Kier alpha value is -2.32. The maximum Gasteiger partial charge on any atom is 0.255 e. The lowest BCUT2D eigenvalue weighted by molar-refractivity contribution is 0.0951. The molecule has 3 rings (SSSR count). The topological polar surface area (TPSA) is 68.0 Å². The summed E-state index contributed by atoms with van der Waals surface area (Å²) in [4.78, 5) is 21.5. The summed E-state index contributed by atoms with van der Waals surface area (Å²) in [6.07, 6.45) is 3.43. The average molecular weight is 418 g/mol. The minimum absolute atomic E-state index is 0.201. The number of amides is 1. The van der Waals surface area contributed by atoms with Gasteiger partial charge in [0.05, 0.1) is 17.5 Å². The molecule has 0 aliphatic heterocycles. The van der Waals surface area contributed by atoms with Crippen LogP contribution < -0.4 is 5.32 Å². The maximum atomic E-state index is 13.6. The molecule has 0 saturated carbocycles. The number of aromatic nitrogens is 2. The molecular formula is C20H20FN3O2S2. The zero-order chi connectivity index (χ0) is 19.9. The van der Waals surface area contributed by atoms with E-state index in [-0.39, 0.29) is 11.7 Å². The molecule has 5 nitrogen and oxygen atoms in total. The van der Waals surface area contributed by atoms with Gasteiger partial charge >= 0.3 is 0 Å². The zero-order valence-corrected chi connectivity index (χ0v) is 17.2. The number of carbonyl (C=O) groups is 1. The van der Waals surface area contributed by atoms with Gasteiger partial charge in [0.1, 0.15) is 10.8 Å². The summed E-state index contributed by atoms with van der Waals surface area (Å²) in [5.41, 5.74) is 1.74. The van der Waals surface area contributed by atoms with Crippen LogP contribution in [0.3, 0.4) is 0 Å². The smallest absolute Gasteiger partial charge is 0.255 e. The van der Waals surface area contributed by atoms with Crippen LogP contribution in [0, 0.1) is 12.7 Å². The van der Waals surface area contributed by atoms with E-state index >= 15 is 0 Å². The molecule has 0 bridgehead atoms. The van der Waals surface area contributed by atoms with Gasteiger partial charge in [0.15, 0.2) is 11.6 Å². The molecule has 28 heavy (non-hydrogen) atoms. The molecule has 1 amide bonds. The van der Waals surface area contributed by atoms with E-state index in [0.29, 0.717) is 51.5 Å². The van der Waals surface area contributed by atoms with Crippen LogP contribution in [-0.2, 0) is 5.75 Å². The third-order valence-corrected chi connectivity index (χ3v) is 5.66. The number of nitrogens with one attached hydrogen (secondary N) is 1. The van der Waals surface area contributed by atoms with Crippen molar-refractivity contribution in [1.82, 2.24) is 15.3 Å². The number of nitrogens with zero attached hydrogens (tertiary/aromatic N) is 2. The third-order valence-electron chi connectivity index (χ3n) is 3.97. The fourth-order valence-electron chi connectivity index (χ4n) is 2.59. The summed E-state index contributed by atoms with van der Waals surface area (Å²) in [6.45, 7) is 2.26. The van der Waals surface area contributed by atoms with Crippen LogP contribution in [-0.4, -0.2) is 34.4 Å². The Morgan fingerprint density at radius 2 is 2.04 bits per heavy atom. The Morgan fingerprint density at radius 3 is 2.75 bits per heavy atom. The van der Waals surface area contributed by atoms with E-state index in [1.165, 1.54) is 17.8 Å². The summed E-state index contributed by atoms with van der Waals surface area (Å²) in [7, 11) is 0. The van der Waals surface area contributed by atoms with E-state index in [4.69, 9.17) is 4.42 Å². The Morgan fingerprint density at radius 1 is 1.21 bits per heavy atom. The molecule has 8 heteroatoms. The first-order valence-electron chi connectivity index (χ1n) is 8.66. The third kappa shape index (κ3) is 4.94. The summed E-state index contributed by atoms with van der Waals surface area (Å²) >= 11 is 2.96. The number of furan rings is 1. The first-order chi connectivity index (χ1) is 13.6. The normalized spacial score (nSPS) is 10.8. The van der Waals surface area contributed by atoms with Gasteiger partial charge in [0, 0.05) is 18.1 Å². The highest BCUT2D eigenvalue weighted by molar-refractivity contribution is 7.98. The fourth-order valence-corrected chi connectivity index (χ4v) is 4.06. The van der Waals surface area contributed by atoms with Crippen molar-refractivity contribution < 1.29 is 13.6 Å². The van der Waals surface area contributed by atoms with E-state index in [1.807, 2.05) is 12.3 Å². The van der Waals surface area contributed by atoms with Crippen LogP contribution in [0.15, 0.2) is 52.1 Å². The number of carbonyl (C=O) groups excluding carboxylic acids is 1. The lowest BCUT2D eigenvalue weighted by Crippen LogP contribution is -2.27. The van der Waals surface area contributed by atoms with Gasteiger partial charge in [-0.15, -0.1) is 11.8 Å². The van der Waals surface area contributed by atoms with Crippen LogP contribution in [0.4, 0.5) is 4.39 Å². The van der Waals surface area contributed by atoms with Crippen LogP contribution in [0.2, 0.25) is 0 Å². The number of halogens is 1. The van der Waals surface area contributed by atoms with Gasteiger partial charge in [-0.05, 0) is 36.9 Å². The molecule has 2 heterocycles. The van der Waals surface area contributed by atoms with Crippen molar-refractivity contribution >= 4 is 29.4 Å². The summed E-state index contributed by atoms with van der Waals surface area (Å²) < 4.78 is 19.0. The van der Waals surface area contributed by atoms with E-state index < -0.39 is 0 Å². The van der Waals surface area contributed by atoms with Gasteiger partial charge in [-0.2, -0.15) is 11.8 Å². The van der Waals surface area contributed by atoms with Gasteiger partial charge in [-0.25, -0.2) is 14.4 Å². The SMILES string of the molecule is CSc1nc(-c2ccco2)nc(C)c1C(=O)NCCSCc1ccccc1F. The van der Waals surface area contributed by atoms with Crippen molar-refractivity contribution in [1.29, 1.82) is 0 Å². The standard InChI is InChI=1S/C20H20FN3O2S2/c1-13-17(20(27-2)24-18(23-13)16-8-5-10-26-16)19(25)22-9-11-28-12-14-6-3-4-7-15(14)21/h3-8,10H,9,11-12H2,1-2H3,(H,22,25). The van der Waals surface area contributed by atoms with Crippen molar-refractivity contribution in [3.63, 3.8) is 0 Å². The molecule has 0 atom stereocenters. The predicted molar refractivity (Wildman–Crippen MR) is 111 cm³/mol. The largest absolute Gasteiger partial charge is 0.461 e. The molecule has 3 aromatic rings. The van der Waals surface area contributed by atoms with Gasteiger partial charge in [-0.1, -0.05) is 18.2 Å². The molecule has 1 aromatic carbocycles. The van der Waals surface area contributed by atoms with E-state index in [2.05, 4.69) is 15.3 Å². The van der Waals surface area contributed by atoms with Gasteiger partial charge in [0.25, 0.3) is 5.91 Å². The molecule has 0 radical (unpaired) electrons. The monoisotopic (exact) mass is 417 g/mol. The molecular weight excluding hydrogens is 397 g/mol. The van der Waals surface area contributed by atoms with Gasteiger partial charge in [0.2, 0.25) is 0 Å². The maximum absolute atomic E-state index is 13.6. The van der Waals surface area contributed by atoms with E-state index in [0.717, 1.165) is 0 Å². The summed E-state index contributed by atoms with van der Waals surface area (Å²) in [6, 6.07) is 10.3.